The van der Waals surface area contributed by atoms with Gasteiger partial charge >= 0.3 is 6.18 Å². The van der Waals surface area contributed by atoms with Crippen molar-refractivity contribution in [3.63, 3.8) is 0 Å². The molecular weight excluding hydrogens is 357 g/mol. The first-order chi connectivity index (χ1) is 12.9. The van der Waals surface area contributed by atoms with Crippen molar-refractivity contribution in [2.75, 3.05) is 13.2 Å². The lowest BCUT2D eigenvalue weighted by atomic mass is 10.0. The van der Waals surface area contributed by atoms with E-state index in [9.17, 15) is 13.2 Å². The van der Waals surface area contributed by atoms with Crippen LogP contribution in [0.4, 0.5) is 13.2 Å². The van der Waals surface area contributed by atoms with E-state index >= 15 is 0 Å². The average Bonchev–Trinajstić information content (AvgIpc) is 2.64. The van der Waals surface area contributed by atoms with Crippen LogP contribution < -0.4 is 15.8 Å². The Balaban J connectivity index is 2.03. The Bertz CT molecular complexity index is 709. The van der Waals surface area contributed by atoms with Crippen LogP contribution in [-0.2, 0) is 13.0 Å². The molecule has 2 aromatic rings. The molecule has 1 unspecified atom stereocenters. The topological polar surface area (TPSA) is 73.1 Å². The van der Waals surface area contributed by atoms with Crippen LogP contribution in [0.2, 0.25) is 0 Å². The number of nitrogens with zero attached hydrogens (tertiary/aromatic N) is 2. The lowest BCUT2D eigenvalue weighted by Crippen LogP contribution is -2.32. The number of alkyl halides is 3. The van der Waals surface area contributed by atoms with Gasteiger partial charge < -0.3 is 15.8 Å². The van der Waals surface area contributed by atoms with Crippen molar-refractivity contribution in [3.8, 4) is 5.75 Å². The van der Waals surface area contributed by atoms with Crippen LogP contribution in [0, 0.1) is 6.92 Å². The molecule has 0 aromatic carbocycles. The summed E-state index contributed by atoms with van der Waals surface area (Å²) in [5, 5.41) is 3.36. The summed E-state index contributed by atoms with van der Waals surface area (Å²) >= 11 is 0. The largest absolute Gasteiger partial charge is 0.482 e. The number of halogens is 3. The molecule has 0 saturated carbocycles. The van der Waals surface area contributed by atoms with Gasteiger partial charge in [-0.25, -0.2) is 0 Å². The first-order valence-electron chi connectivity index (χ1n) is 8.86. The SMILES string of the molecule is Cc1cccnc1CC(CCCN)NCc1ncccc1OCC(F)(F)F. The van der Waals surface area contributed by atoms with Crippen LogP contribution in [0.3, 0.4) is 0 Å². The van der Waals surface area contributed by atoms with E-state index in [-0.39, 0.29) is 11.8 Å². The van der Waals surface area contributed by atoms with Crippen molar-refractivity contribution in [3.05, 3.63) is 53.6 Å². The second-order valence-corrected chi connectivity index (χ2v) is 6.33. The summed E-state index contributed by atoms with van der Waals surface area (Å²) in [7, 11) is 0. The van der Waals surface area contributed by atoms with Crippen LogP contribution >= 0.6 is 0 Å². The van der Waals surface area contributed by atoms with Gasteiger partial charge in [0.2, 0.25) is 0 Å². The second-order valence-electron chi connectivity index (χ2n) is 6.33. The molecule has 0 spiro atoms. The maximum Gasteiger partial charge on any atom is 0.422 e. The Kier molecular flexibility index (Phi) is 7.99. The maximum atomic E-state index is 12.4. The maximum absolute atomic E-state index is 12.4. The van der Waals surface area contributed by atoms with Crippen LogP contribution in [0.5, 0.6) is 5.75 Å². The first kappa shape index (κ1) is 21.1. The fourth-order valence-corrected chi connectivity index (χ4v) is 2.69. The predicted octanol–water partition coefficient (Wildman–Crippen LogP) is 3.17. The Hall–Kier alpha value is -2.19. The molecule has 2 rings (SSSR count). The number of ether oxygens (including phenoxy) is 1. The van der Waals surface area contributed by atoms with Gasteiger partial charge in [-0.2, -0.15) is 13.2 Å². The van der Waals surface area contributed by atoms with E-state index in [0.29, 0.717) is 25.2 Å². The van der Waals surface area contributed by atoms with Gasteiger partial charge in [0, 0.05) is 37.1 Å². The Morgan fingerprint density at radius 1 is 1.15 bits per heavy atom. The van der Waals surface area contributed by atoms with Crippen molar-refractivity contribution >= 4 is 0 Å². The van der Waals surface area contributed by atoms with Gasteiger partial charge in [-0.1, -0.05) is 6.07 Å². The number of aryl methyl sites for hydroxylation is 1. The molecule has 1 atom stereocenters. The highest BCUT2D eigenvalue weighted by Gasteiger charge is 2.29. The van der Waals surface area contributed by atoms with E-state index < -0.39 is 12.8 Å². The predicted molar refractivity (Wildman–Crippen MR) is 97.4 cm³/mol. The van der Waals surface area contributed by atoms with Crippen molar-refractivity contribution in [1.29, 1.82) is 0 Å². The zero-order valence-electron chi connectivity index (χ0n) is 15.3. The fourth-order valence-electron chi connectivity index (χ4n) is 2.69. The van der Waals surface area contributed by atoms with E-state index in [2.05, 4.69) is 15.3 Å². The normalized spacial score (nSPS) is 12.8. The standard InChI is InChI=1S/C19H25F3N4O/c1-14-5-3-9-24-16(14)11-15(6-2-8-23)26-12-17-18(7-4-10-25-17)27-13-19(20,21)22/h3-5,7,9-10,15,26H,2,6,8,11-13,23H2,1H3. The Morgan fingerprint density at radius 3 is 2.52 bits per heavy atom. The Labute approximate surface area is 157 Å². The molecule has 0 bridgehead atoms. The third-order valence-electron chi connectivity index (χ3n) is 4.11. The van der Waals surface area contributed by atoms with Gasteiger partial charge in [0.1, 0.15) is 5.75 Å². The summed E-state index contributed by atoms with van der Waals surface area (Å²) in [6.45, 7) is 1.54. The molecule has 8 heteroatoms. The van der Waals surface area contributed by atoms with Crippen LogP contribution in [0.15, 0.2) is 36.7 Å². The van der Waals surface area contributed by atoms with Crippen LogP contribution in [-0.4, -0.2) is 35.3 Å². The highest BCUT2D eigenvalue weighted by molar-refractivity contribution is 5.27. The van der Waals surface area contributed by atoms with Gasteiger partial charge in [0.15, 0.2) is 6.61 Å². The van der Waals surface area contributed by atoms with Crippen molar-refractivity contribution in [2.45, 2.75) is 44.9 Å². The summed E-state index contributed by atoms with van der Waals surface area (Å²) < 4.78 is 42.2. The zero-order valence-corrected chi connectivity index (χ0v) is 15.3. The molecule has 0 aliphatic rings. The molecule has 2 heterocycles. The molecule has 0 saturated heterocycles. The summed E-state index contributed by atoms with van der Waals surface area (Å²) in [4.78, 5) is 8.58. The number of aromatic nitrogens is 2. The lowest BCUT2D eigenvalue weighted by Gasteiger charge is -2.20. The van der Waals surface area contributed by atoms with Gasteiger partial charge in [0.25, 0.3) is 0 Å². The van der Waals surface area contributed by atoms with E-state index in [1.165, 1.54) is 12.3 Å². The summed E-state index contributed by atoms with van der Waals surface area (Å²) in [5.74, 6) is 0.133. The van der Waals surface area contributed by atoms with Gasteiger partial charge in [-0.3, -0.25) is 9.97 Å². The highest BCUT2D eigenvalue weighted by Crippen LogP contribution is 2.21. The highest BCUT2D eigenvalue weighted by atomic mass is 19.4. The number of nitrogens with two attached hydrogens (primary N) is 1. The zero-order chi connectivity index (χ0) is 19.7. The Morgan fingerprint density at radius 2 is 1.85 bits per heavy atom. The molecule has 0 radical (unpaired) electrons. The smallest absolute Gasteiger partial charge is 0.422 e. The van der Waals surface area contributed by atoms with Crippen molar-refractivity contribution in [2.24, 2.45) is 5.73 Å². The van der Waals surface area contributed by atoms with Crippen molar-refractivity contribution < 1.29 is 17.9 Å². The quantitative estimate of drug-likeness (QED) is 0.660. The van der Waals surface area contributed by atoms with E-state index in [1.54, 1.807) is 12.3 Å². The minimum absolute atomic E-state index is 0.0830. The molecule has 3 N–H and O–H groups in total. The second kappa shape index (κ2) is 10.2. The monoisotopic (exact) mass is 382 g/mol. The summed E-state index contributed by atoms with van der Waals surface area (Å²) in [6.07, 6.45) is 1.28. The van der Waals surface area contributed by atoms with Gasteiger partial charge in [-0.05, 0) is 50.1 Å². The number of rotatable bonds is 10. The van der Waals surface area contributed by atoms with Crippen molar-refractivity contribution in [1.82, 2.24) is 15.3 Å². The lowest BCUT2D eigenvalue weighted by molar-refractivity contribution is -0.153. The van der Waals surface area contributed by atoms with Gasteiger partial charge in [-0.15, -0.1) is 0 Å². The molecule has 148 valence electrons. The number of hydrogen-bond acceptors (Lipinski definition) is 5. The van der Waals surface area contributed by atoms with E-state index in [1.807, 2.05) is 19.1 Å². The fraction of sp³-hybridized carbons (Fsp3) is 0.474. The number of pyridine rings is 2. The first-order valence-corrected chi connectivity index (χ1v) is 8.86. The van der Waals surface area contributed by atoms with Gasteiger partial charge in [0.05, 0.1) is 5.69 Å². The molecule has 0 amide bonds. The molecule has 5 nitrogen and oxygen atoms in total. The molecular formula is C19H25F3N4O. The van der Waals surface area contributed by atoms with E-state index in [0.717, 1.165) is 24.1 Å². The summed E-state index contributed by atoms with van der Waals surface area (Å²) in [5.41, 5.74) is 8.16. The minimum atomic E-state index is -4.39. The number of hydrogen-bond donors (Lipinski definition) is 2. The number of nitrogens with one attached hydrogen (secondary N) is 1. The molecule has 0 aliphatic carbocycles. The third kappa shape index (κ3) is 7.52. The molecule has 0 aliphatic heterocycles. The average molecular weight is 382 g/mol. The molecule has 0 fully saturated rings. The minimum Gasteiger partial charge on any atom is -0.482 e. The van der Waals surface area contributed by atoms with Crippen LogP contribution in [0.25, 0.3) is 0 Å². The summed E-state index contributed by atoms with van der Waals surface area (Å²) in [6, 6.07) is 7.02. The van der Waals surface area contributed by atoms with Crippen LogP contribution in [0.1, 0.15) is 29.8 Å². The third-order valence-corrected chi connectivity index (χ3v) is 4.11. The molecule has 2 aromatic heterocycles. The van der Waals surface area contributed by atoms with E-state index in [4.69, 9.17) is 10.5 Å². The molecule has 27 heavy (non-hydrogen) atoms.